The summed E-state index contributed by atoms with van der Waals surface area (Å²) in [5.74, 6) is 1.66. The van der Waals surface area contributed by atoms with Crippen LogP contribution in [0.5, 0.6) is 5.75 Å². The quantitative estimate of drug-likeness (QED) is 0.424. The second-order valence-corrected chi connectivity index (χ2v) is 8.40. The summed E-state index contributed by atoms with van der Waals surface area (Å²) in [6.45, 7) is 4.24. The zero-order valence-electron chi connectivity index (χ0n) is 18.8. The molecule has 0 amide bonds. The fourth-order valence-corrected chi connectivity index (χ4v) is 5.02. The molecule has 0 saturated carbocycles. The predicted octanol–water partition coefficient (Wildman–Crippen LogP) is 5.07. The second-order valence-electron chi connectivity index (χ2n) is 8.02. The number of aryl methyl sites for hydroxylation is 1. The maximum atomic E-state index is 5.87. The molecule has 0 aliphatic carbocycles. The molecule has 166 valence electrons. The van der Waals surface area contributed by atoms with E-state index in [9.17, 15) is 0 Å². The van der Waals surface area contributed by atoms with Crippen molar-refractivity contribution < 1.29 is 4.74 Å². The summed E-state index contributed by atoms with van der Waals surface area (Å²) < 4.78 is 7.89. The number of aromatic nitrogens is 3. The summed E-state index contributed by atoms with van der Waals surface area (Å²) in [6, 6.07) is 21.9. The van der Waals surface area contributed by atoms with Crippen molar-refractivity contribution in [2.45, 2.75) is 25.9 Å². The van der Waals surface area contributed by atoms with E-state index in [1.807, 2.05) is 73.1 Å². The Bertz CT molecular complexity index is 1290. The van der Waals surface area contributed by atoms with Crippen LogP contribution in [0.2, 0.25) is 0 Å². The molecule has 6 nitrogen and oxygen atoms in total. The molecule has 7 heteroatoms. The van der Waals surface area contributed by atoms with Crippen LogP contribution in [0.25, 0.3) is 5.82 Å². The molecule has 2 atom stereocenters. The van der Waals surface area contributed by atoms with E-state index in [1.54, 1.807) is 7.11 Å². The van der Waals surface area contributed by atoms with Crippen molar-refractivity contribution in [2.75, 3.05) is 12.0 Å². The number of para-hydroxylation sites is 2. The number of hydrogen-bond donors (Lipinski definition) is 1. The summed E-state index contributed by atoms with van der Waals surface area (Å²) in [6.07, 6.45) is 3.64. The molecule has 1 fully saturated rings. The summed E-state index contributed by atoms with van der Waals surface area (Å²) >= 11 is 5.87. The van der Waals surface area contributed by atoms with Gasteiger partial charge in [-0.05, 0) is 74.1 Å². The Kier molecular flexibility index (Phi) is 5.56. The lowest BCUT2D eigenvalue weighted by Gasteiger charge is -2.29. The average Bonchev–Trinajstić information content (AvgIpc) is 3.35. The molecule has 0 bridgehead atoms. The van der Waals surface area contributed by atoms with E-state index in [1.165, 1.54) is 0 Å². The van der Waals surface area contributed by atoms with Gasteiger partial charge in [-0.1, -0.05) is 24.3 Å². The molecule has 33 heavy (non-hydrogen) atoms. The third-order valence-electron chi connectivity index (χ3n) is 6.11. The van der Waals surface area contributed by atoms with Gasteiger partial charge in [-0.2, -0.15) is 0 Å². The number of nitrogens with one attached hydrogen (secondary N) is 1. The molecular weight excluding hydrogens is 430 g/mol. The molecule has 4 aromatic rings. The molecule has 1 aliphatic rings. The zero-order chi connectivity index (χ0) is 22.9. The first-order valence-electron chi connectivity index (χ1n) is 10.8. The summed E-state index contributed by atoms with van der Waals surface area (Å²) in [5.41, 5.74) is 5.24. The molecule has 0 radical (unpaired) electrons. The molecule has 1 aliphatic heterocycles. The average molecular weight is 456 g/mol. The van der Waals surface area contributed by atoms with Crippen LogP contribution in [0.3, 0.4) is 0 Å². The van der Waals surface area contributed by atoms with E-state index < -0.39 is 0 Å². The second kappa shape index (κ2) is 8.67. The Morgan fingerprint density at radius 1 is 0.939 bits per heavy atom. The van der Waals surface area contributed by atoms with Gasteiger partial charge in [0.2, 0.25) is 0 Å². The van der Waals surface area contributed by atoms with E-state index in [0.29, 0.717) is 5.11 Å². The van der Waals surface area contributed by atoms with Crippen LogP contribution < -0.4 is 15.0 Å². The number of anilines is 1. The van der Waals surface area contributed by atoms with Crippen molar-refractivity contribution in [2.24, 2.45) is 0 Å². The Morgan fingerprint density at radius 3 is 2.36 bits per heavy atom. The number of benzene rings is 1. The van der Waals surface area contributed by atoms with Gasteiger partial charge in [-0.3, -0.25) is 4.98 Å². The van der Waals surface area contributed by atoms with Gasteiger partial charge in [0, 0.05) is 23.8 Å². The zero-order valence-corrected chi connectivity index (χ0v) is 19.6. The molecular formula is C26H25N5OS. The smallest absolute Gasteiger partial charge is 0.174 e. The largest absolute Gasteiger partial charge is 0.495 e. The fourth-order valence-electron chi connectivity index (χ4n) is 4.68. The molecule has 0 spiro atoms. The first-order valence-corrected chi connectivity index (χ1v) is 11.2. The van der Waals surface area contributed by atoms with Crippen LogP contribution in [0.4, 0.5) is 5.69 Å². The van der Waals surface area contributed by atoms with Gasteiger partial charge in [-0.25, -0.2) is 4.98 Å². The highest BCUT2D eigenvalue weighted by Gasteiger charge is 2.43. The number of ether oxygens (including phenoxy) is 1. The summed E-state index contributed by atoms with van der Waals surface area (Å²) in [5, 5.41) is 4.17. The van der Waals surface area contributed by atoms with Crippen LogP contribution in [-0.2, 0) is 0 Å². The first-order chi connectivity index (χ1) is 16.1. The Balaban J connectivity index is 1.71. The Hall–Kier alpha value is -3.71. The van der Waals surface area contributed by atoms with Gasteiger partial charge in [0.15, 0.2) is 5.11 Å². The highest BCUT2D eigenvalue weighted by Crippen LogP contribution is 2.45. The number of rotatable bonds is 5. The Morgan fingerprint density at radius 2 is 1.67 bits per heavy atom. The lowest BCUT2D eigenvalue weighted by molar-refractivity contribution is 0.414. The minimum absolute atomic E-state index is 0.118. The van der Waals surface area contributed by atoms with Crippen LogP contribution >= 0.6 is 12.2 Å². The van der Waals surface area contributed by atoms with E-state index in [2.05, 4.69) is 44.7 Å². The maximum Gasteiger partial charge on any atom is 0.174 e. The third kappa shape index (κ3) is 3.64. The van der Waals surface area contributed by atoms with Crippen molar-refractivity contribution in [3.05, 3.63) is 102 Å². The van der Waals surface area contributed by atoms with Gasteiger partial charge < -0.3 is 19.5 Å². The monoisotopic (exact) mass is 455 g/mol. The van der Waals surface area contributed by atoms with Gasteiger partial charge in [0.05, 0.1) is 30.6 Å². The normalized spacial score (nSPS) is 17.8. The molecule has 5 rings (SSSR count). The standard InChI is InChI=1S/C26H25N5OS/c1-17-16-19(18(2)30(17)23-13-7-9-15-28-23)25-24(20-10-6-8-14-27-20)29-26(33)31(25)21-11-4-5-12-22(21)32-3/h4-16,24-25H,1-3H3,(H,29,33)/t24-,25+/m1/s1. The highest BCUT2D eigenvalue weighted by atomic mass is 32.1. The van der Waals surface area contributed by atoms with E-state index in [0.717, 1.165) is 39.9 Å². The van der Waals surface area contributed by atoms with Gasteiger partial charge in [-0.15, -0.1) is 0 Å². The minimum atomic E-state index is -0.124. The lowest BCUT2D eigenvalue weighted by Crippen LogP contribution is -2.30. The van der Waals surface area contributed by atoms with E-state index >= 15 is 0 Å². The van der Waals surface area contributed by atoms with Crippen molar-refractivity contribution >= 4 is 23.0 Å². The number of pyridine rings is 2. The van der Waals surface area contributed by atoms with Crippen molar-refractivity contribution in [1.29, 1.82) is 0 Å². The lowest BCUT2D eigenvalue weighted by atomic mass is 9.96. The summed E-state index contributed by atoms with van der Waals surface area (Å²) in [7, 11) is 1.68. The molecule has 1 N–H and O–H groups in total. The van der Waals surface area contributed by atoms with Gasteiger partial charge in [0.1, 0.15) is 11.6 Å². The first kappa shape index (κ1) is 21.2. The number of methoxy groups -OCH3 is 1. The fraction of sp³-hybridized carbons (Fsp3) is 0.192. The van der Waals surface area contributed by atoms with Gasteiger partial charge >= 0.3 is 0 Å². The van der Waals surface area contributed by atoms with Crippen molar-refractivity contribution in [3.8, 4) is 11.6 Å². The maximum absolute atomic E-state index is 5.87. The van der Waals surface area contributed by atoms with Crippen molar-refractivity contribution in [3.63, 3.8) is 0 Å². The highest BCUT2D eigenvalue weighted by molar-refractivity contribution is 7.80. The molecule has 1 saturated heterocycles. The van der Waals surface area contributed by atoms with Crippen LogP contribution in [0.15, 0.2) is 79.1 Å². The molecule has 1 aromatic carbocycles. The SMILES string of the molecule is COc1ccccc1N1C(=S)N[C@H](c2ccccn2)[C@@H]1c1cc(C)n(-c2ccccn2)c1C. The predicted molar refractivity (Wildman–Crippen MR) is 134 cm³/mol. The van der Waals surface area contributed by atoms with Crippen LogP contribution in [0, 0.1) is 13.8 Å². The summed E-state index contributed by atoms with van der Waals surface area (Å²) in [4.78, 5) is 11.4. The van der Waals surface area contributed by atoms with Crippen LogP contribution in [-0.4, -0.2) is 26.8 Å². The van der Waals surface area contributed by atoms with Crippen molar-refractivity contribution in [1.82, 2.24) is 19.9 Å². The van der Waals surface area contributed by atoms with E-state index in [-0.39, 0.29) is 12.1 Å². The molecule has 4 heterocycles. The number of hydrogen-bond acceptors (Lipinski definition) is 4. The van der Waals surface area contributed by atoms with Gasteiger partial charge in [0.25, 0.3) is 0 Å². The topological polar surface area (TPSA) is 55.2 Å². The molecule has 3 aromatic heterocycles. The number of nitrogens with zero attached hydrogens (tertiary/aromatic N) is 4. The molecule has 0 unspecified atom stereocenters. The Labute approximate surface area is 198 Å². The van der Waals surface area contributed by atoms with E-state index in [4.69, 9.17) is 17.0 Å². The third-order valence-corrected chi connectivity index (χ3v) is 6.42. The van der Waals surface area contributed by atoms with Crippen LogP contribution in [0.1, 0.15) is 34.7 Å². The minimum Gasteiger partial charge on any atom is -0.495 e. The number of thiocarbonyl (C=S) groups is 1.